The lowest BCUT2D eigenvalue weighted by Gasteiger charge is -2.38. The van der Waals surface area contributed by atoms with Gasteiger partial charge in [-0.2, -0.15) is 0 Å². The molecule has 4 rings (SSSR count). The predicted octanol–water partition coefficient (Wildman–Crippen LogP) is 2.94. The van der Waals surface area contributed by atoms with Crippen molar-refractivity contribution in [1.29, 1.82) is 0 Å². The summed E-state index contributed by atoms with van der Waals surface area (Å²) in [6.45, 7) is 4.38. The van der Waals surface area contributed by atoms with E-state index in [9.17, 15) is 0 Å². The fraction of sp³-hybridized carbons (Fsp3) is 0.591. The van der Waals surface area contributed by atoms with E-state index >= 15 is 0 Å². The second-order valence-electron chi connectivity index (χ2n) is 7.95. The zero-order chi connectivity index (χ0) is 18.5. The summed E-state index contributed by atoms with van der Waals surface area (Å²) in [5.41, 5.74) is 1.44. The largest absolute Gasteiger partial charge is 0.369 e. The maximum atomic E-state index is 6.11. The Morgan fingerprint density at radius 3 is 2.70 bits per heavy atom. The molecule has 5 nitrogen and oxygen atoms in total. The lowest BCUT2D eigenvalue weighted by atomic mass is 9.97. The first-order valence-corrected chi connectivity index (χ1v) is 10.4. The predicted molar refractivity (Wildman–Crippen MR) is 108 cm³/mol. The quantitative estimate of drug-likeness (QED) is 0.851. The zero-order valence-electron chi connectivity index (χ0n) is 16.4. The lowest BCUT2D eigenvalue weighted by Crippen LogP contribution is -2.50. The highest BCUT2D eigenvalue weighted by Gasteiger charge is 2.32. The van der Waals surface area contributed by atoms with Crippen molar-refractivity contribution in [3.8, 4) is 0 Å². The molecule has 0 bridgehead atoms. The summed E-state index contributed by atoms with van der Waals surface area (Å²) >= 11 is 0. The first-order chi connectivity index (χ1) is 13.3. The molecule has 0 unspecified atom stereocenters. The topological polar surface area (TPSA) is 42.3 Å². The van der Waals surface area contributed by atoms with E-state index in [-0.39, 0.29) is 6.10 Å². The van der Waals surface area contributed by atoms with E-state index in [0.717, 1.165) is 25.3 Å². The van der Waals surface area contributed by atoms with Crippen LogP contribution >= 0.6 is 0 Å². The fourth-order valence-corrected chi connectivity index (χ4v) is 4.42. The molecule has 2 aromatic rings. The van der Waals surface area contributed by atoms with Crippen molar-refractivity contribution >= 4 is 0 Å². The van der Waals surface area contributed by atoms with Gasteiger partial charge >= 0.3 is 0 Å². The summed E-state index contributed by atoms with van der Waals surface area (Å²) in [6, 6.07) is 11.8. The Morgan fingerprint density at radius 1 is 1.15 bits per heavy atom. The summed E-state index contributed by atoms with van der Waals surface area (Å²) in [5, 5.41) is 3.91. The molecule has 0 spiro atoms. The molecule has 1 N–H and O–H groups in total. The van der Waals surface area contributed by atoms with E-state index in [2.05, 4.69) is 57.1 Å². The van der Waals surface area contributed by atoms with Crippen LogP contribution in [0.5, 0.6) is 0 Å². The van der Waals surface area contributed by atoms with E-state index < -0.39 is 0 Å². The van der Waals surface area contributed by atoms with Crippen molar-refractivity contribution in [2.75, 3.05) is 26.2 Å². The van der Waals surface area contributed by atoms with Crippen LogP contribution in [0.15, 0.2) is 42.7 Å². The molecular formula is C22H32N4O. The Hall–Kier alpha value is -1.69. The van der Waals surface area contributed by atoms with E-state index in [1.54, 1.807) is 0 Å². The van der Waals surface area contributed by atoms with Gasteiger partial charge in [0, 0.05) is 44.7 Å². The minimum Gasteiger partial charge on any atom is -0.369 e. The highest BCUT2D eigenvalue weighted by atomic mass is 16.5. The number of imidazole rings is 1. The van der Waals surface area contributed by atoms with Gasteiger partial charge in [-0.15, -0.1) is 0 Å². The smallest absolute Gasteiger partial charge is 0.139 e. The van der Waals surface area contributed by atoms with E-state index in [4.69, 9.17) is 4.74 Å². The fourth-order valence-electron chi connectivity index (χ4n) is 4.42. The van der Waals surface area contributed by atoms with Gasteiger partial charge in [0.1, 0.15) is 11.9 Å². The Labute approximate surface area is 162 Å². The van der Waals surface area contributed by atoms with Crippen LogP contribution in [0.4, 0.5) is 0 Å². The number of aryl methyl sites for hydroxylation is 1. The Balaban J connectivity index is 1.26. The summed E-state index contributed by atoms with van der Waals surface area (Å²) in [6.07, 6.45) is 9.86. The number of hydrogen-bond acceptors (Lipinski definition) is 4. The van der Waals surface area contributed by atoms with Crippen LogP contribution < -0.4 is 5.32 Å². The number of ether oxygens (including phenoxy) is 1. The SMILES string of the molecule is Cn1ccnc1[C@H]1OCCC[C@@H]1NC1CCN(CCc2ccccc2)CC1. The molecule has 146 valence electrons. The normalized spacial score (nSPS) is 24.9. The van der Waals surface area contributed by atoms with Gasteiger partial charge in [-0.25, -0.2) is 4.98 Å². The van der Waals surface area contributed by atoms with E-state index in [1.165, 1.54) is 44.5 Å². The number of likely N-dealkylation sites (tertiary alicyclic amines) is 1. The summed E-state index contributed by atoms with van der Waals surface area (Å²) in [5.74, 6) is 1.05. The standard InChI is InChI=1S/C22H32N4O/c1-25-16-12-23-22(25)21-20(8-5-17-27-21)24-19-10-14-26(15-11-19)13-9-18-6-3-2-4-7-18/h2-4,6-7,12,16,19-21,24H,5,8-11,13-15,17H2,1H3/t20-,21-/m0/s1. The van der Waals surface area contributed by atoms with Crippen LogP contribution in [0, 0.1) is 0 Å². The Kier molecular flexibility index (Phi) is 6.22. The van der Waals surface area contributed by atoms with Gasteiger partial charge in [0.05, 0.1) is 0 Å². The maximum Gasteiger partial charge on any atom is 0.139 e. The van der Waals surface area contributed by atoms with Crippen molar-refractivity contribution in [1.82, 2.24) is 19.8 Å². The van der Waals surface area contributed by atoms with Gasteiger partial charge in [-0.05, 0) is 50.8 Å². The van der Waals surface area contributed by atoms with Gasteiger partial charge in [-0.1, -0.05) is 30.3 Å². The minimum absolute atomic E-state index is 0.0786. The molecule has 5 heteroatoms. The molecule has 1 aromatic carbocycles. The highest BCUT2D eigenvalue weighted by Crippen LogP contribution is 2.28. The third-order valence-corrected chi connectivity index (χ3v) is 6.03. The first kappa shape index (κ1) is 18.7. The number of rotatable bonds is 6. The summed E-state index contributed by atoms with van der Waals surface area (Å²) in [4.78, 5) is 7.15. The van der Waals surface area contributed by atoms with Crippen LogP contribution in [0.2, 0.25) is 0 Å². The van der Waals surface area contributed by atoms with Crippen LogP contribution in [0.3, 0.4) is 0 Å². The molecule has 2 saturated heterocycles. The lowest BCUT2D eigenvalue weighted by molar-refractivity contribution is -0.0226. The Bertz CT molecular complexity index is 693. The average molecular weight is 369 g/mol. The third-order valence-electron chi connectivity index (χ3n) is 6.03. The van der Waals surface area contributed by atoms with Crippen LogP contribution in [-0.2, 0) is 18.2 Å². The third kappa shape index (κ3) is 4.78. The summed E-state index contributed by atoms with van der Waals surface area (Å²) < 4.78 is 8.20. The maximum absolute atomic E-state index is 6.11. The monoisotopic (exact) mass is 368 g/mol. The molecule has 0 amide bonds. The molecular weight excluding hydrogens is 336 g/mol. The molecule has 0 saturated carbocycles. The van der Waals surface area contributed by atoms with Crippen LogP contribution in [0.25, 0.3) is 0 Å². The van der Waals surface area contributed by atoms with E-state index in [0.29, 0.717) is 12.1 Å². The second-order valence-corrected chi connectivity index (χ2v) is 7.95. The van der Waals surface area contributed by atoms with Crippen molar-refractivity contribution < 1.29 is 4.74 Å². The Morgan fingerprint density at radius 2 is 1.96 bits per heavy atom. The van der Waals surface area contributed by atoms with Crippen LogP contribution in [-0.4, -0.2) is 52.8 Å². The van der Waals surface area contributed by atoms with Crippen molar-refractivity contribution in [2.45, 2.75) is 50.3 Å². The molecule has 27 heavy (non-hydrogen) atoms. The van der Waals surface area contributed by atoms with Gasteiger partial charge < -0.3 is 19.5 Å². The molecule has 3 heterocycles. The highest BCUT2D eigenvalue weighted by molar-refractivity contribution is 5.14. The molecule has 0 aliphatic carbocycles. The second kappa shape index (κ2) is 9.00. The van der Waals surface area contributed by atoms with Gasteiger partial charge in [0.15, 0.2) is 0 Å². The molecule has 2 atom stereocenters. The summed E-state index contributed by atoms with van der Waals surface area (Å²) in [7, 11) is 2.06. The number of benzene rings is 1. The zero-order valence-corrected chi connectivity index (χ0v) is 16.4. The van der Waals surface area contributed by atoms with Gasteiger partial charge in [-0.3, -0.25) is 0 Å². The number of nitrogens with zero attached hydrogens (tertiary/aromatic N) is 3. The first-order valence-electron chi connectivity index (χ1n) is 10.4. The molecule has 1 aromatic heterocycles. The van der Waals surface area contributed by atoms with E-state index in [1.807, 2.05) is 12.4 Å². The van der Waals surface area contributed by atoms with Crippen molar-refractivity contribution in [2.24, 2.45) is 7.05 Å². The van der Waals surface area contributed by atoms with Gasteiger partial charge in [0.25, 0.3) is 0 Å². The van der Waals surface area contributed by atoms with Crippen LogP contribution in [0.1, 0.15) is 43.2 Å². The number of aromatic nitrogens is 2. The van der Waals surface area contributed by atoms with Crippen molar-refractivity contribution in [3.05, 3.63) is 54.1 Å². The number of nitrogens with one attached hydrogen (secondary N) is 1. The molecule has 2 fully saturated rings. The van der Waals surface area contributed by atoms with Gasteiger partial charge in [0.2, 0.25) is 0 Å². The molecule has 0 radical (unpaired) electrons. The minimum atomic E-state index is 0.0786. The molecule has 2 aliphatic rings. The average Bonchev–Trinajstić information content (AvgIpc) is 3.14. The number of hydrogen-bond donors (Lipinski definition) is 1. The number of piperidine rings is 1. The molecule has 2 aliphatic heterocycles. The van der Waals surface area contributed by atoms with Crippen molar-refractivity contribution in [3.63, 3.8) is 0 Å².